The molecule has 0 atom stereocenters. The maximum Gasteiger partial charge on any atom is 0.341 e. The van der Waals surface area contributed by atoms with Gasteiger partial charge in [-0.1, -0.05) is 19.3 Å². The molecule has 0 spiro atoms. The highest BCUT2D eigenvalue weighted by Crippen LogP contribution is 2.38. The van der Waals surface area contributed by atoms with E-state index < -0.39 is 17.2 Å². The number of hydrogen-bond donors (Lipinski definition) is 2. The van der Waals surface area contributed by atoms with E-state index in [0.717, 1.165) is 25.7 Å². The van der Waals surface area contributed by atoms with Crippen molar-refractivity contribution in [1.82, 2.24) is 14.8 Å². The highest BCUT2D eigenvalue weighted by molar-refractivity contribution is 5.93. The van der Waals surface area contributed by atoms with Gasteiger partial charge in [-0.05, 0) is 37.8 Å². The SMILES string of the molecule is O=C(CN1CCN(c2cc3c(cc2F)c(=O)c(C(=O)O)cn3C2CC2)CC1)NC1CCCCC1. The molecule has 2 aromatic rings. The van der Waals surface area contributed by atoms with E-state index in [1.807, 2.05) is 9.47 Å². The van der Waals surface area contributed by atoms with Gasteiger partial charge in [0.25, 0.3) is 0 Å². The predicted octanol–water partition coefficient (Wildman–Crippen LogP) is 2.74. The first kappa shape index (κ1) is 22.8. The third-order valence-electron chi connectivity index (χ3n) is 7.32. The van der Waals surface area contributed by atoms with Gasteiger partial charge in [0.05, 0.1) is 17.7 Å². The van der Waals surface area contributed by atoms with Crippen LogP contribution in [0.4, 0.5) is 10.1 Å². The number of piperazine rings is 1. The Morgan fingerprint density at radius 1 is 1.03 bits per heavy atom. The van der Waals surface area contributed by atoms with Crippen molar-refractivity contribution in [2.24, 2.45) is 0 Å². The van der Waals surface area contributed by atoms with Crippen LogP contribution in [-0.2, 0) is 4.79 Å². The number of aromatic carboxylic acids is 1. The molecule has 9 heteroatoms. The first-order valence-corrected chi connectivity index (χ1v) is 12.3. The molecule has 2 aliphatic carbocycles. The van der Waals surface area contributed by atoms with Gasteiger partial charge in [0.15, 0.2) is 0 Å². The summed E-state index contributed by atoms with van der Waals surface area (Å²) in [6, 6.07) is 3.29. The van der Waals surface area contributed by atoms with E-state index in [1.54, 1.807) is 6.07 Å². The maximum absolute atomic E-state index is 15.1. The number of carboxylic acids is 1. The molecule has 2 saturated carbocycles. The Kier molecular flexibility index (Phi) is 6.29. The highest BCUT2D eigenvalue weighted by Gasteiger charge is 2.29. The van der Waals surface area contributed by atoms with Crippen LogP contribution in [0.15, 0.2) is 23.1 Å². The molecule has 34 heavy (non-hydrogen) atoms. The standard InChI is InChI=1S/C25H31FN4O4/c26-20-12-18-21(30(17-6-7-17)14-19(24(18)32)25(33)34)13-22(20)29-10-8-28(9-11-29)15-23(31)27-16-4-2-1-3-5-16/h12-14,16-17H,1-11,15H2,(H,27,31)(H,33,34). The molecule has 1 aliphatic heterocycles. The number of carbonyl (C=O) groups is 2. The number of pyridine rings is 1. The van der Waals surface area contributed by atoms with Crippen LogP contribution < -0.4 is 15.6 Å². The van der Waals surface area contributed by atoms with Crippen LogP contribution in [0.3, 0.4) is 0 Å². The number of anilines is 1. The van der Waals surface area contributed by atoms with Crippen molar-refractivity contribution in [2.45, 2.75) is 57.0 Å². The quantitative estimate of drug-likeness (QED) is 0.674. The van der Waals surface area contributed by atoms with Crippen molar-refractivity contribution in [3.63, 3.8) is 0 Å². The minimum Gasteiger partial charge on any atom is -0.477 e. The highest BCUT2D eigenvalue weighted by atomic mass is 19.1. The van der Waals surface area contributed by atoms with Gasteiger partial charge in [-0.25, -0.2) is 9.18 Å². The van der Waals surface area contributed by atoms with Crippen LogP contribution in [0.5, 0.6) is 0 Å². The molecule has 1 aromatic heterocycles. The number of rotatable bonds is 6. The molecule has 1 saturated heterocycles. The van der Waals surface area contributed by atoms with Crippen LogP contribution >= 0.6 is 0 Å². The smallest absolute Gasteiger partial charge is 0.341 e. The number of carbonyl (C=O) groups excluding carboxylic acids is 1. The van der Waals surface area contributed by atoms with E-state index in [0.29, 0.717) is 50.0 Å². The van der Waals surface area contributed by atoms with E-state index in [1.165, 1.54) is 31.5 Å². The van der Waals surface area contributed by atoms with Crippen molar-refractivity contribution < 1.29 is 19.1 Å². The van der Waals surface area contributed by atoms with Crippen LogP contribution in [0.1, 0.15) is 61.3 Å². The Labute approximate surface area is 197 Å². The number of fused-ring (bicyclic) bond motifs is 1. The molecule has 0 bridgehead atoms. The number of benzene rings is 1. The minimum atomic E-state index is -1.30. The maximum atomic E-state index is 15.1. The molecule has 0 unspecified atom stereocenters. The number of hydrogen-bond acceptors (Lipinski definition) is 5. The molecule has 5 rings (SSSR count). The second kappa shape index (κ2) is 9.37. The lowest BCUT2D eigenvalue weighted by molar-refractivity contribution is -0.123. The van der Waals surface area contributed by atoms with Crippen molar-refractivity contribution in [3.05, 3.63) is 39.9 Å². The molecule has 2 heterocycles. The van der Waals surface area contributed by atoms with Gasteiger partial charge in [-0.2, -0.15) is 0 Å². The normalized spacial score (nSPS) is 20.0. The van der Waals surface area contributed by atoms with Crippen molar-refractivity contribution in [3.8, 4) is 0 Å². The second-order valence-electron chi connectivity index (χ2n) is 9.80. The lowest BCUT2D eigenvalue weighted by atomic mass is 9.95. The largest absolute Gasteiger partial charge is 0.477 e. The summed E-state index contributed by atoms with van der Waals surface area (Å²) in [5.74, 6) is -1.77. The predicted molar refractivity (Wildman–Crippen MR) is 127 cm³/mol. The molecule has 1 amide bonds. The monoisotopic (exact) mass is 470 g/mol. The van der Waals surface area contributed by atoms with Crippen molar-refractivity contribution in [1.29, 1.82) is 0 Å². The molecular formula is C25H31FN4O4. The van der Waals surface area contributed by atoms with Gasteiger partial charge in [-0.3, -0.25) is 14.5 Å². The Hall–Kier alpha value is -2.94. The summed E-state index contributed by atoms with van der Waals surface area (Å²) in [4.78, 5) is 40.7. The summed E-state index contributed by atoms with van der Waals surface area (Å²) in [5, 5.41) is 12.7. The summed E-state index contributed by atoms with van der Waals surface area (Å²) >= 11 is 0. The molecular weight excluding hydrogens is 439 g/mol. The Morgan fingerprint density at radius 2 is 1.74 bits per heavy atom. The average Bonchev–Trinajstić information content (AvgIpc) is 3.66. The van der Waals surface area contributed by atoms with Gasteiger partial charge < -0.3 is 19.9 Å². The third kappa shape index (κ3) is 4.66. The zero-order valence-electron chi connectivity index (χ0n) is 19.3. The number of nitrogens with one attached hydrogen (secondary N) is 1. The summed E-state index contributed by atoms with van der Waals surface area (Å²) < 4.78 is 16.9. The van der Waals surface area contributed by atoms with Gasteiger partial charge in [0, 0.05) is 49.8 Å². The Balaban J connectivity index is 1.30. The van der Waals surface area contributed by atoms with E-state index in [2.05, 4.69) is 10.2 Å². The number of aromatic nitrogens is 1. The molecule has 3 fully saturated rings. The molecule has 0 radical (unpaired) electrons. The van der Waals surface area contributed by atoms with Crippen LogP contribution in [0.25, 0.3) is 10.9 Å². The molecule has 182 valence electrons. The second-order valence-corrected chi connectivity index (χ2v) is 9.80. The summed E-state index contributed by atoms with van der Waals surface area (Å²) in [7, 11) is 0. The van der Waals surface area contributed by atoms with Crippen molar-refractivity contribution >= 4 is 28.5 Å². The lowest BCUT2D eigenvalue weighted by Crippen LogP contribution is -2.50. The van der Waals surface area contributed by atoms with E-state index in [9.17, 15) is 19.5 Å². The van der Waals surface area contributed by atoms with E-state index in [4.69, 9.17) is 0 Å². The van der Waals surface area contributed by atoms with Gasteiger partial charge in [-0.15, -0.1) is 0 Å². The fourth-order valence-corrected chi connectivity index (χ4v) is 5.28. The molecule has 8 nitrogen and oxygen atoms in total. The molecule has 3 aliphatic rings. The molecule has 1 aromatic carbocycles. The number of carboxylic acid groups (broad SMARTS) is 1. The number of amides is 1. The van der Waals surface area contributed by atoms with Crippen LogP contribution in [0.2, 0.25) is 0 Å². The zero-order valence-corrected chi connectivity index (χ0v) is 19.3. The number of halogens is 1. The fourth-order valence-electron chi connectivity index (χ4n) is 5.28. The topological polar surface area (TPSA) is 94.9 Å². The Bertz CT molecular complexity index is 1160. The Morgan fingerprint density at radius 3 is 2.38 bits per heavy atom. The molecule has 2 N–H and O–H groups in total. The van der Waals surface area contributed by atoms with E-state index >= 15 is 4.39 Å². The number of nitrogens with zero attached hydrogens (tertiary/aromatic N) is 3. The van der Waals surface area contributed by atoms with Gasteiger partial charge >= 0.3 is 5.97 Å². The third-order valence-corrected chi connectivity index (χ3v) is 7.32. The summed E-state index contributed by atoms with van der Waals surface area (Å²) in [6.45, 7) is 2.77. The van der Waals surface area contributed by atoms with Gasteiger partial charge in [0.2, 0.25) is 11.3 Å². The van der Waals surface area contributed by atoms with E-state index in [-0.39, 0.29) is 22.9 Å². The van der Waals surface area contributed by atoms with Crippen LogP contribution in [-0.4, -0.2) is 65.2 Å². The van der Waals surface area contributed by atoms with Gasteiger partial charge in [0.1, 0.15) is 11.4 Å². The fraction of sp³-hybridized carbons (Fsp3) is 0.560. The summed E-state index contributed by atoms with van der Waals surface area (Å²) in [5.41, 5.74) is 0.00388. The summed E-state index contributed by atoms with van der Waals surface area (Å²) in [6.07, 6.45) is 8.92. The zero-order chi connectivity index (χ0) is 23.8. The average molecular weight is 471 g/mol. The lowest BCUT2D eigenvalue weighted by Gasteiger charge is -2.36. The van der Waals surface area contributed by atoms with Crippen LogP contribution in [0, 0.1) is 5.82 Å². The first-order valence-electron chi connectivity index (χ1n) is 12.3. The first-order chi connectivity index (χ1) is 16.4. The van der Waals surface area contributed by atoms with Crippen molar-refractivity contribution in [2.75, 3.05) is 37.6 Å². The minimum absolute atomic E-state index is 0.0555.